The lowest BCUT2D eigenvalue weighted by atomic mass is 10.1. The number of pyridine rings is 1. The number of ether oxygens (including phenoxy) is 1. The summed E-state index contributed by atoms with van der Waals surface area (Å²) in [6.45, 7) is 2.82. The normalized spacial score (nSPS) is 13.5. The number of benzene rings is 2. The zero-order valence-corrected chi connectivity index (χ0v) is 24.4. The van der Waals surface area contributed by atoms with Gasteiger partial charge in [0, 0.05) is 50.6 Å². The molecule has 3 heterocycles. The first-order chi connectivity index (χ1) is 20.9. The first-order valence-corrected chi connectivity index (χ1v) is 14.8. The average molecular weight is 593 g/mol. The SMILES string of the molecule is Cn1c(N[C@@H](CCN(CCCCc2ccc3c(n2)NCCC3)CCOc2cc(F)cc(F)c2)C(=O)O)nc2ccccc21. The van der Waals surface area contributed by atoms with E-state index < -0.39 is 23.6 Å². The standard InChI is InChI=1S/C32H38F2N6O3/c1-39-29-10-3-2-9-27(29)37-32(39)38-28(31(41)42)13-16-40(17-18-43-26-20-23(33)19-24(34)21-26)15-5-4-8-25-12-11-22-7-6-14-35-30(22)36-25/h2-3,9-12,19-21,28H,4-8,13-18H2,1H3,(H,35,36)(H,37,38)(H,41,42)/t28-/m0/s1. The van der Waals surface area contributed by atoms with Gasteiger partial charge in [-0.05, 0) is 68.8 Å². The molecule has 0 bridgehead atoms. The van der Waals surface area contributed by atoms with Crippen LogP contribution in [0.25, 0.3) is 11.0 Å². The van der Waals surface area contributed by atoms with E-state index in [9.17, 15) is 18.7 Å². The fourth-order valence-electron chi connectivity index (χ4n) is 5.39. The summed E-state index contributed by atoms with van der Waals surface area (Å²) in [7, 11) is 1.85. The lowest BCUT2D eigenvalue weighted by Crippen LogP contribution is -2.37. The van der Waals surface area contributed by atoms with Crippen LogP contribution in [0.5, 0.6) is 5.75 Å². The van der Waals surface area contributed by atoms with Gasteiger partial charge in [-0.3, -0.25) is 4.90 Å². The molecule has 228 valence electrons. The van der Waals surface area contributed by atoms with Gasteiger partial charge in [0.25, 0.3) is 0 Å². The Kier molecular flexibility index (Phi) is 10.0. The number of anilines is 2. The summed E-state index contributed by atoms with van der Waals surface area (Å²) in [5.74, 6) is -0.764. The molecule has 1 aliphatic heterocycles. The summed E-state index contributed by atoms with van der Waals surface area (Å²) in [4.78, 5) is 23.7. The van der Waals surface area contributed by atoms with Crippen LogP contribution in [0.1, 0.15) is 36.9 Å². The molecule has 0 aliphatic carbocycles. The van der Waals surface area contributed by atoms with Crippen molar-refractivity contribution in [2.24, 2.45) is 7.05 Å². The van der Waals surface area contributed by atoms with Crippen LogP contribution < -0.4 is 15.4 Å². The van der Waals surface area contributed by atoms with Gasteiger partial charge >= 0.3 is 5.97 Å². The zero-order chi connectivity index (χ0) is 30.2. The fourth-order valence-corrected chi connectivity index (χ4v) is 5.39. The highest BCUT2D eigenvalue weighted by Gasteiger charge is 2.21. The topological polar surface area (TPSA) is 105 Å². The molecule has 0 radical (unpaired) electrons. The summed E-state index contributed by atoms with van der Waals surface area (Å²) >= 11 is 0. The van der Waals surface area contributed by atoms with Gasteiger partial charge < -0.3 is 25.0 Å². The van der Waals surface area contributed by atoms with E-state index in [4.69, 9.17) is 9.72 Å². The average Bonchev–Trinajstić information content (AvgIpc) is 3.31. The maximum atomic E-state index is 13.6. The second kappa shape index (κ2) is 14.3. The predicted octanol–water partition coefficient (Wildman–Crippen LogP) is 5.26. The summed E-state index contributed by atoms with van der Waals surface area (Å²) in [5.41, 5.74) is 4.01. The first kappa shape index (κ1) is 30.2. The molecule has 0 fully saturated rings. The molecule has 0 spiro atoms. The Bertz CT molecular complexity index is 1520. The Labute approximate surface area is 249 Å². The number of hydrogen-bond donors (Lipinski definition) is 3. The third-order valence-electron chi connectivity index (χ3n) is 7.74. The van der Waals surface area contributed by atoms with Crippen molar-refractivity contribution in [3.63, 3.8) is 0 Å². The van der Waals surface area contributed by atoms with Crippen LogP contribution in [-0.4, -0.2) is 69.3 Å². The Morgan fingerprint density at radius 1 is 1.09 bits per heavy atom. The number of carboxylic acid groups (broad SMARTS) is 1. The van der Waals surface area contributed by atoms with Crippen molar-refractivity contribution in [3.8, 4) is 5.75 Å². The molecule has 3 N–H and O–H groups in total. The van der Waals surface area contributed by atoms with Crippen LogP contribution in [0.15, 0.2) is 54.6 Å². The van der Waals surface area contributed by atoms with Gasteiger partial charge in [-0.25, -0.2) is 23.5 Å². The third-order valence-corrected chi connectivity index (χ3v) is 7.74. The van der Waals surface area contributed by atoms with Crippen molar-refractivity contribution < 1.29 is 23.4 Å². The zero-order valence-electron chi connectivity index (χ0n) is 24.4. The molecule has 0 unspecified atom stereocenters. The number of aryl methyl sites for hydroxylation is 3. The number of nitrogens with zero attached hydrogens (tertiary/aromatic N) is 4. The number of hydrogen-bond acceptors (Lipinski definition) is 7. The van der Waals surface area contributed by atoms with Crippen LogP contribution in [0, 0.1) is 11.6 Å². The number of fused-ring (bicyclic) bond motifs is 2. The Morgan fingerprint density at radius 3 is 2.70 bits per heavy atom. The van der Waals surface area contributed by atoms with Crippen molar-refractivity contribution in [3.05, 3.63) is 77.5 Å². The quantitative estimate of drug-likeness (QED) is 0.161. The molecule has 4 aromatic rings. The van der Waals surface area contributed by atoms with E-state index in [0.29, 0.717) is 32.0 Å². The largest absolute Gasteiger partial charge is 0.492 e. The minimum Gasteiger partial charge on any atom is -0.492 e. The molecule has 0 amide bonds. The molecule has 43 heavy (non-hydrogen) atoms. The number of carboxylic acids is 1. The Hall–Kier alpha value is -4.25. The highest BCUT2D eigenvalue weighted by molar-refractivity contribution is 5.81. The number of aliphatic carboxylic acids is 1. The first-order valence-electron chi connectivity index (χ1n) is 14.8. The van der Waals surface area contributed by atoms with Gasteiger partial charge in [-0.2, -0.15) is 0 Å². The van der Waals surface area contributed by atoms with Crippen molar-refractivity contribution in [2.45, 2.75) is 44.6 Å². The number of nitrogens with one attached hydrogen (secondary N) is 2. The van der Waals surface area contributed by atoms with Crippen molar-refractivity contribution in [1.29, 1.82) is 0 Å². The van der Waals surface area contributed by atoms with Gasteiger partial charge in [0.15, 0.2) is 0 Å². The number of imidazole rings is 1. The van der Waals surface area contributed by atoms with E-state index in [-0.39, 0.29) is 12.4 Å². The van der Waals surface area contributed by atoms with E-state index in [1.165, 1.54) is 5.56 Å². The highest BCUT2D eigenvalue weighted by atomic mass is 19.1. The van der Waals surface area contributed by atoms with E-state index in [1.54, 1.807) is 0 Å². The molecule has 2 aromatic heterocycles. The second-order valence-corrected chi connectivity index (χ2v) is 10.9. The van der Waals surface area contributed by atoms with Crippen LogP contribution in [0.2, 0.25) is 0 Å². The van der Waals surface area contributed by atoms with E-state index in [0.717, 1.165) is 79.4 Å². The summed E-state index contributed by atoms with van der Waals surface area (Å²) in [6.07, 6.45) is 5.13. The van der Waals surface area contributed by atoms with Gasteiger partial charge in [0.05, 0.1) is 11.0 Å². The molecular formula is C32H38F2N6O3. The molecule has 9 nitrogen and oxygen atoms in total. The number of carbonyl (C=O) groups is 1. The molecule has 1 atom stereocenters. The molecule has 0 saturated heterocycles. The van der Waals surface area contributed by atoms with Crippen LogP contribution in [0.4, 0.5) is 20.5 Å². The summed E-state index contributed by atoms with van der Waals surface area (Å²) in [6, 6.07) is 14.1. The van der Waals surface area contributed by atoms with Crippen LogP contribution in [-0.2, 0) is 24.7 Å². The van der Waals surface area contributed by atoms with E-state index >= 15 is 0 Å². The predicted molar refractivity (Wildman–Crippen MR) is 163 cm³/mol. The van der Waals surface area contributed by atoms with E-state index in [2.05, 4.69) is 32.7 Å². The van der Waals surface area contributed by atoms with Gasteiger partial charge in [-0.1, -0.05) is 18.2 Å². The smallest absolute Gasteiger partial charge is 0.326 e. The summed E-state index contributed by atoms with van der Waals surface area (Å²) < 4.78 is 34.7. The van der Waals surface area contributed by atoms with Crippen molar-refractivity contribution in [2.75, 3.05) is 43.4 Å². The molecule has 1 aliphatic rings. The van der Waals surface area contributed by atoms with Crippen molar-refractivity contribution in [1.82, 2.24) is 19.4 Å². The minimum atomic E-state index is -0.967. The second-order valence-electron chi connectivity index (χ2n) is 10.9. The number of rotatable bonds is 15. The molecule has 2 aromatic carbocycles. The maximum Gasteiger partial charge on any atom is 0.326 e. The Balaban J connectivity index is 1.18. The fraction of sp³-hybridized carbons (Fsp3) is 0.406. The molecule has 11 heteroatoms. The van der Waals surface area contributed by atoms with Crippen LogP contribution in [0.3, 0.4) is 0 Å². The maximum absolute atomic E-state index is 13.6. The lowest BCUT2D eigenvalue weighted by Gasteiger charge is -2.24. The molecule has 5 rings (SSSR count). The molecular weight excluding hydrogens is 554 g/mol. The van der Waals surface area contributed by atoms with Crippen LogP contribution >= 0.6 is 0 Å². The monoisotopic (exact) mass is 592 g/mol. The number of aromatic nitrogens is 3. The number of halogens is 2. The summed E-state index contributed by atoms with van der Waals surface area (Å²) in [5, 5.41) is 16.5. The number of para-hydroxylation sites is 2. The van der Waals surface area contributed by atoms with E-state index in [1.807, 2.05) is 35.9 Å². The van der Waals surface area contributed by atoms with Gasteiger partial charge in [-0.15, -0.1) is 0 Å². The third kappa shape index (κ3) is 8.19. The lowest BCUT2D eigenvalue weighted by molar-refractivity contribution is -0.138. The molecule has 0 saturated carbocycles. The highest BCUT2D eigenvalue weighted by Crippen LogP contribution is 2.21. The van der Waals surface area contributed by atoms with Gasteiger partial charge in [0.2, 0.25) is 5.95 Å². The van der Waals surface area contributed by atoms with Gasteiger partial charge in [0.1, 0.15) is 35.9 Å². The minimum absolute atomic E-state index is 0.122. The van der Waals surface area contributed by atoms with Crippen molar-refractivity contribution >= 4 is 28.8 Å². The Morgan fingerprint density at radius 2 is 1.91 bits per heavy atom. The number of unbranched alkanes of at least 4 members (excludes halogenated alkanes) is 1.